The maximum Gasteiger partial charge on any atom is 0.305 e. The van der Waals surface area contributed by atoms with E-state index in [1.807, 2.05) is 13.2 Å². The van der Waals surface area contributed by atoms with Gasteiger partial charge in [0.25, 0.3) is 0 Å². The molecule has 0 spiro atoms. The summed E-state index contributed by atoms with van der Waals surface area (Å²) >= 11 is 1.60. The monoisotopic (exact) mass is 219 g/mol. The van der Waals surface area contributed by atoms with E-state index in [0.717, 1.165) is 5.75 Å². The zero-order valence-corrected chi connectivity index (χ0v) is 9.56. The molecule has 2 unspecified atom stereocenters. The molecule has 0 saturated heterocycles. The number of hydrogen-bond donors (Lipinski definition) is 2. The van der Waals surface area contributed by atoms with Gasteiger partial charge in [0.15, 0.2) is 0 Å². The van der Waals surface area contributed by atoms with Gasteiger partial charge in [-0.3, -0.25) is 9.59 Å². The van der Waals surface area contributed by atoms with Crippen molar-refractivity contribution in [2.24, 2.45) is 5.92 Å². The van der Waals surface area contributed by atoms with Crippen molar-refractivity contribution in [1.29, 1.82) is 0 Å². The molecule has 0 aliphatic rings. The Kier molecular flexibility index (Phi) is 6.36. The van der Waals surface area contributed by atoms with Gasteiger partial charge in [0, 0.05) is 17.7 Å². The van der Waals surface area contributed by atoms with Gasteiger partial charge in [0.05, 0.1) is 6.42 Å². The predicted molar refractivity (Wildman–Crippen MR) is 57.4 cm³/mol. The van der Waals surface area contributed by atoms with E-state index in [0.29, 0.717) is 0 Å². The minimum atomic E-state index is -0.893. The van der Waals surface area contributed by atoms with E-state index >= 15 is 0 Å². The van der Waals surface area contributed by atoms with Gasteiger partial charge in [-0.25, -0.2) is 0 Å². The van der Waals surface area contributed by atoms with Crippen LogP contribution in [0.4, 0.5) is 0 Å². The maximum absolute atomic E-state index is 11.4. The van der Waals surface area contributed by atoms with Crippen LogP contribution in [0, 0.1) is 5.92 Å². The molecule has 2 N–H and O–H groups in total. The lowest BCUT2D eigenvalue weighted by atomic mass is 10.1. The number of rotatable bonds is 6. The van der Waals surface area contributed by atoms with Crippen molar-refractivity contribution in [2.45, 2.75) is 26.3 Å². The summed E-state index contributed by atoms with van der Waals surface area (Å²) in [5, 5.41) is 11.1. The number of nitrogens with one attached hydrogen (secondary N) is 1. The van der Waals surface area contributed by atoms with E-state index in [1.165, 1.54) is 0 Å². The Morgan fingerprint density at radius 2 is 2.00 bits per heavy atom. The molecule has 0 aliphatic heterocycles. The molecule has 2 atom stereocenters. The summed E-state index contributed by atoms with van der Waals surface area (Å²) in [5.41, 5.74) is 0. The molecule has 82 valence electrons. The molecule has 0 saturated carbocycles. The second kappa shape index (κ2) is 6.70. The zero-order valence-electron chi connectivity index (χ0n) is 8.74. The van der Waals surface area contributed by atoms with E-state index in [9.17, 15) is 9.59 Å². The van der Waals surface area contributed by atoms with E-state index in [4.69, 9.17) is 5.11 Å². The molecule has 14 heavy (non-hydrogen) atoms. The van der Waals surface area contributed by atoms with Gasteiger partial charge in [-0.05, 0) is 13.2 Å². The third-order valence-corrected chi connectivity index (χ3v) is 2.57. The number of aliphatic carboxylic acids is 1. The lowest BCUT2D eigenvalue weighted by Gasteiger charge is -2.15. The predicted octanol–water partition coefficient (Wildman–Crippen LogP) is 0.965. The van der Waals surface area contributed by atoms with Crippen LogP contribution in [-0.4, -0.2) is 35.0 Å². The summed E-state index contributed by atoms with van der Waals surface area (Å²) in [6.07, 6.45) is 1.90. The number of hydrogen-bond acceptors (Lipinski definition) is 3. The van der Waals surface area contributed by atoms with Gasteiger partial charge in [-0.1, -0.05) is 6.92 Å². The average molecular weight is 219 g/mol. The first-order valence-corrected chi connectivity index (χ1v) is 5.87. The lowest BCUT2D eigenvalue weighted by Crippen LogP contribution is -2.38. The first-order chi connectivity index (χ1) is 6.47. The topological polar surface area (TPSA) is 66.4 Å². The second-order valence-corrected chi connectivity index (χ2v) is 4.27. The van der Waals surface area contributed by atoms with Crippen molar-refractivity contribution in [3.05, 3.63) is 0 Å². The fraction of sp³-hybridized carbons (Fsp3) is 0.778. The van der Waals surface area contributed by atoms with Crippen molar-refractivity contribution >= 4 is 23.6 Å². The maximum atomic E-state index is 11.4. The highest BCUT2D eigenvalue weighted by Crippen LogP contribution is 2.05. The Balaban J connectivity index is 3.86. The number of amides is 1. The van der Waals surface area contributed by atoms with E-state index in [-0.39, 0.29) is 24.3 Å². The fourth-order valence-corrected chi connectivity index (χ4v) is 1.68. The summed E-state index contributed by atoms with van der Waals surface area (Å²) in [5.74, 6) is -0.282. The van der Waals surface area contributed by atoms with Gasteiger partial charge in [-0.2, -0.15) is 11.8 Å². The summed E-state index contributed by atoms with van der Waals surface area (Å²) in [4.78, 5) is 21.7. The summed E-state index contributed by atoms with van der Waals surface area (Å²) in [6, 6.07) is -0.302. The second-order valence-electron chi connectivity index (χ2n) is 3.36. The van der Waals surface area contributed by atoms with Gasteiger partial charge < -0.3 is 10.4 Å². The number of carboxylic acids is 1. The van der Waals surface area contributed by atoms with Gasteiger partial charge in [-0.15, -0.1) is 0 Å². The van der Waals surface area contributed by atoms with E-state index in [2.05, 4.69) is 5.32 Å². The molecular weight excluding hydrogens is 202 g/mol. The highest BCUT2D eigenvalue weighted by atomic mass is 32.2. The van der Waals surface area contributed by atoms with Crippen LogP contribution in [0.3, 0.4) is 0 Å². The number of thioether (sulfide) groups is 1. The van der Waals surface area contributed by atoms with Crippen LogP contribution in [0.15, 0.2) is 0 Å². The molecule has 0 heterocycles. The smallest absolute Gasteiger partial charge is 0.305 e. The molecule has 1 amide bonds. The van der Waals surface area contributed by atoms with Crippen LogP contribution in [0.5, 0.6) is 0 Å². The van der Waals surface area contributed by atoms with Crippen molar-refractivity contribution in [1.82, 2.24) is 5.32 Å². The van der Waals surface area contributed by atoms with Crippen LogP contribution in [0.25, 0.3) is 0 Å². The molecule has 0 bridgehead atoms. The van der Waals surface area contributed by atoms with Gasteiger partial charge in [0.2, 0.25) is 5.91 Å². The Labute approximate surface area is 88.4 Å². The van der Waals surface area contributed by atoms with Gasteiger partial charge in [0.1, 0.15) is 0 Å². The first-order valence-electron chi connectivity index (χ1n) is 4.48. The third kappa shape index (κ3) is 5.85. The Hall–Kier alpha value is -0.710. The van der Waals surface area contributed by atoms with Crippen molar-refractivity contribution in [3.63, 3.8) is 0 Å². The molecule has 0 rings (SSSR count). The van der Waals surface area contributed by atoms with E-state index < -0.39 is 5.97 Å². The lowest BCUT2D eigenvalue weighted by molar-refractivity contribution is -0.137. The molecule has 0 aromatic heterocycles. The highest BCUT2D eigenvalue weighted by Gasteiger charge is 2.15. The molecule has 0 aromatic carbocycles. The van der Waals surface area contributed by atoms with Crippen LogP contribution >= 0.6 is 11.8 Å². The fourth-order valence-electron chi connectivity index (χ4n) is 1.02. The number of carbonyl (C=O) groups excluding carboxylic acids is 1. The molecule has 0 fully saturated rings. The number of carbonyl (C=O) groups is 2. The minimum absolute atomic E-state index is 0.0300. The summed E-state index contributed by atoms with van der Waals surface area (Å²) < 4.78 is 0. The van der Waals surface area contributed by atoms with Crippen molar-refractivity contribution < 1.29 is 14.7 Å². The van der Waals surface area contributed by atoms with Crippen LogP contribution in [-0.2, 0) is 9.59 Å². The molecule has 0 radical (unpaired) electrons. The van der Waals surface area contributed by atoms with E-state index in [1.54, 1.807) is 18.7 Å². The van der Waals surface area contributed by atoms with Crippen LogP contribution in [0.1, 0.15) is 20.3 Å². The molecular formula is C9H17NO3S. The molecule has 4 nitrogen and oxygen atoms in total. The largest absolute Gasteiger partial charge is 0.481 e. The summed E-state index contributed by atoms with van der Waals surface area (Å²) in [7, 11) is 0. The Morgan fingerprint density at radius 1 is 1.43 bits per heavy atom. The highest BCUT2D eigenvalue weighted by molar-refractivity contribution is 7.98. The molecule has 0 aromatic rings. The van der Waals surface area contributed by atoms with Gasteiger partial charge >= 0.3 is 5.97 Å². The molecule has 0 aliphatic carbocycles. The average Bonchev–Trinajstić information content (AvgIpc) is 2.02. The zero-order chi connectivity index (χ0) is 11.1. The third-order valence-electron chi connectivity index (χ3n) is 1.73. The van der Waals surface area contributed by atoms with Crippen LogP contribution in [0.2, 0.25) is 0 Å². The first kappa shape index (κ1) is 13.3. The Morgan fingerprint density at radius 3 is 2.43 bits per heavy atom. The van der Waals surface area contributed by atoms with Crippen molar-refractivity contribution in [3.8, 4) is 0 Å². The Bertz CT molecular complexity index is 208. The molecule has 5 heteroatoms. The standard InChI is InChI=1S/C9H17NO3S/c1-6(5-14-3)9(13)10-7(2)4-8(11)12/h6-7H,4-5H2,1-3H3,(H,10,13)(H,11,12). The summed E-state index contributed by atoms with van der Waals surface area (Å²) in [6.45, 7) is 3.52. The SMILES string of the molecule is CSCC(C)C(=O)NC(C)CC(=O)O. The van der Waals surface area contributed by atoms with Crippen molar-refractivity contribution in [2.75, 3.05) is 12.0 Å². The van der Waals surface area contributed by atoms with Crippen LogP contribution < -0.4 is 5.32 Å². The quantitative estimate of drug-likeness (QED) is 0.698. The minimum Gasteiger partial charge on any atom is -0.481 e. The number of carboxylic acid groups (broad SMARTS) is 1. The normalized spacial score (nSPS) is 14.5.